The second kappa shape index (κ2) is 3.73. The molecule has 2 unspecified atom stereocenters. The molecule has 0 bridgehead atoms. The molecule has 2 rings (SSSR count). The molecule has 0 radical (unpaired) electrons. The minimum atomic E-state index is -0.876. The van der Waals surface area contributed by atoms with Gasteiger partial charge >= 0.3 is 5.97 Å². The third-order valence-electron chi connectivity index (χ3n) is 2.86. The molecule has 1 aromatic rings. The van der Waals surface area contributed by atoms with Gasteiger partial charge in [-0.15, -0.1) is 0 Å². The number of carboxylic acid groups (broad SMARTS) is 1. The van der Waals surface area contributed by atoms with Crippen molar-refractivity contribution in [3.05, 3.63) is 29.8 Å². The van der Waals surface area contributed by atoms with E-state index in [1.165, 1.54) is 6.07 Å². The Bertz CT molecular complexity index is 436. The van der Waals surface area contributed by atoms with E-state index < -0.39 is 23.5 Å². The quantitative estimate of drug-likeness (QED) is 0.857. The van der Waals surface area contributed by atoms with E-state index in [1.807, 2.05) is 0 Å². The van der Waals surface area contributed by atoms with E-state index >= 15 is 0 Å². The molecule has 16 heavy (non-hydrogen) atoms. The van der Waals surface area contributed by atoms with Crippen LogP contribution in [0.25, 0.3) is 0 Å². The molecule has 0 spiro atoms. The fourth-order valence-electron chi connectivity index (χ4n) is 1.82. The molecule has 3 nitrogen and oxygen atoms in total. The molecule has 1 saturated carbocycles. The van der Waals surface area contributed by atoms with E-state index in [0.29, 0.717) is 6.42 Å². The number of hydrogen-bond donors (Lipinski definition) is 1. The zero-order valence-electron chi connectivity index (χ0n) is 8.65. The number of aliphatic carboxylic acids is 1. The van der Waals surface area contributed by atoms with Crippen molar-refractivity contribution in [3.63, 3.8) is 0 Å². The minimum absolute atomic E-state index is 0.197. The van der Waals surface area contributed by atoms with Crippen molar-refractivity contribution in [2.24, 2.45) is 5.92 Å². The first-order chi connectivity index (χ1) is 7.50. The van der Waals surface area contributed by atoms with Crippen molar-refractivity contribution in [1.29, 1.82) is 0 Å². The maximum absolute atomic E-state index is 13.4. The van der Waals surface area contributed by atoms with Gasteiger partial charge in [0.2, 0.25) is 0 Å². The molecular formula is C11H11F2NO2. The lowest BCUT2D eigenvalue weighted by molar-refractivity contribution is -0.138. The van der Waals surface area contributed by atoms with Gasteiger partial charge in [-0.1, -0.05) is 0 Å². The average Bonchev–Trinajstić information content (AvgIpc) is 2.96. The van der Waals surface area contributed by atoms with Crippen LogP contribution in [0.5, 0.6) is 0 Å². The van der Waals surface area contributed by atoms with Crippen LogP contribution in [0.1, 0.15) is 6.42 Å². The smallest absolute Gasteiger partial charge is 0.308 e. The van der Waals surface area contributed by atoms with Gasteiger partial charge < -0.3 is 10.0 Å². The van der Waals surface area contributed by atoms with Crippen LogP contribution in [-0.2, 0) is 4.79 Å². The number of halogens is 2. The summed E-state index contributed by atoms with van der Waals surface area (Å²) in [6, 6.07) is 3.08. The van der Waals surface area contributed by atoms with Crippen molar-refractivity contribution in [1.82, 2.24) is 0 Å². The highest BCUT2D eigenvalue weighted by atomic mass is 19.1. The fourth-order valence-corrected chi connectivity index (χ4v) is 1.82. The van der Waals surface area contributed by atoms with Crippen molar-refractivity contribution < 1.29 is 18.7 Å². The van der Waals surface area contributed by atoms with Gasteiger partial charge in [0.15, 0.2) is 0 Å². The first kappa shape index (κ1) is 10.9. The summed E-state index contributed by atoms with van der Waals surface area (Å²) in [6.07, 6.45) is 0.503. The maximum Gasteiger partial charge on any atom is 0.308 e. The molecule has 5 heteroatoms. The lowest BCUT2D eigenvalue weighted by Crippen LogP contribution is -2.24. The van der Waals surface area contributed by atoms with Gasteiger partial charge in [0.1, 0.15) is 11.6 Å². The topological polar surface area (TPSA) is 40.5 Å². The lowest BCUT2D eigenvalue weighted by atomic mass is 10.2. The summed E-state index contributed by atoms with van der Waals surface area (Å²) in [5.74, 6) is -2.63. The van der Waals surface area contributed by atoms with Gasteiger partial charge in [-0.3, -0.25) is 4.79 Å². The number of carbonyl (C=O) groups is 1. The second-order valence-corrected chi connectivity index (χ2v) is 3.95. The summed E-state index contributed by atoms with van der Waals surface area (Å²) in [6.45, 7) is 0. The number of nitrogens with zero attached hydrogens (tertiary/aromatic N) is 1. The molecule has 1 aromatic carbocycles. The second-order valence-electron chi connectivity index (χ2n) is 3.95. The first-order valence-corrected chi connectivity index (χ1v) is 4.91. The summed E-state index contributed by atoms with van der Waals surface area (Å²) in [5.41, 5.74) is 0.232. The molecule has 1 aliphatic rings. The van der Waals surface area contributed by atoms with Crippen molar-refractivity contribution in [3.8, 4) is 0 Å². The van der Waals surface area contributed by atoms with Crippen molar-refractivity contribution >= 4 is 11.7 Å². The van der Waals surface area contributed by atoms with Gasteiger partial charge in [0, 0.05) is 19.2 Å². The van der Waals surface area contributed by atoms with Crippen LogP contribution in [0.3, 0.4) is 0 Å². The summed E-state index contributed by atoms with van der Waals surface area (Å²) in [7, 11) is 1.62. The predicted molar refractivity (Wildman–Crippen MR) is 54.3 cm³/mol. The number of benzene rings is 1. The zero-order valence-corrected chi connectivity index (χ0v) is 8.65. The lowest BCUT2D eigenvalue weighted by Gasteiger charge is -2.19. The minimum Gasteiger partial charge on any atom is -0.481 e. The number of rotatable bonds is 3. The molecule has 0 aromatic heterocycles. The van der Waals surface area contributed by atoms with Crippen LogP contribution in [0, 0.1) is 17.6 Å². The van der Waals surface area contributed by atoms with Crippen molar-refractivity contribution in [2.45, 2.75) is 12.5 Å². The highest BCUT2D eigenvalue weighted by Crippen LogP contribution is 2.38. The Morgan fingerprint density at radius 3 is 2.69 bits per heavy atom. The van der Waals surface area contributed by atoms with Crippen LogP contribution in [0.4, 0.5) is 14.5 Å². The molecular weight excluding hydrogens is 216 g/mol. The van der Waals surface area contributed by atoms with Gasteiger partial charge in [-0.05, 0) is 18.6 Å². The van der Waals surface area contributed by atoms with Gasteiger partial charge in [-0.2, -0.15) is 0 Å². The Kier molecular flexibility index (Phi) is 2.53. The molecule has 1 fully saturated rings. The van der Waals surface area contributed by atoms with Crippen LogP contribution in [0.15, 0.2) is 18.2 Å². The summed E-state index contributed by atoms with van der Waals surface area (Å²) in [5, 5.41) is 8.75. The van der Waals surface area contributed by atoms with E-state index in [4.69, 9.17) is 5.11 Å². The SMILES string of the molecule is CN(c1ccc(F)cc1F)C1CC1C(=O)O. The monoisotopic (exact) mass is 227 g/mol. The van der Waals surface area contributed by atoms with E-state index in [0.717, 1.165) is 12.1 Å². The molecule has 0 amide bonds. The zero-order chi connectivity index (χ0) is 11.9. The Labute approximate surface area is 91.3 Å². The highest BCUT2D eigenvalue weighted by Gasteiger charge is 2.46. The predicted octanol–water partition coefficient (Wildman–Crippen LogP) is 1.87. The molecule has 0 heterocycles. The van der Waals surface area contributed by atoms with Gasteiger partial charge in [0.25, 0.3) is 0 Å². The Balaban J connectivity index is 2.16. The Morgan fingerprint density at radius 2 is 2.19 bits per heavy atom. The van der Waals surface area contributed by atoms with Crippen LogP contribution < -0.4 is 4.90 Å². The van der Waals surface area contributed by atoms with E-state index in [9.17, 15) is 13.6 Å². The highest BCUT2D eigenvalue weighted by molar-refractivity contribution is 5.76. The molecule has 0 saturated heterocycles. The van der Waals surface area contributed by atoms with Crippen molar-refractivity contribution in [2.75, 3.05) is 11.9 Å². The Morgan fingerprint density at radius 1 is 1.50 bits per heavy atom. The third-order valence-corrected chi connectivity index (χ3v) is 2.86. The molecule has 0 aliphatic heterocycles. The van der Waals surface area contributed by atoms with E-state index in [2.05, 4.69) is 0 Å². The summed E-state index contributed by atoms with van der Waals surface area (Å²) >= 11 is 0. The number of carboxylic acids is 1. The van der Waals surface area contributed by atoms with Crippen LogP contribution in [0.2, 0.25) is 0 Å². The molecule has 1 aliphatic carbocycles. The molecule has 86 valence electrons. The number of hydrogen-bond acceptors (Lipinski definition) is 2. The van der Waals surface area contributed by atoms with Gasteiger partial charge in [-0.25, -0.2) is 8.78 Å². The molecule has 2 atom stereocenters. The normalized spacial score (nSPS) is 22.9. The standard InChI is InChI=1S/C11H11F2NO2/c1-14(10-5-7(10)11(15)16)9-3-2-6(12)4-8(9)13/h2-4,7,10H,5H2,1H3,(H,15,16). The van der Waals surface area contributed by atoms with E-state index in [-0.39, 0.29) is 11.7 Å². The first-order valence-electron chi connectivity index (χ1n) is 4.91. The summed E-state index contributed by atoms with van der Waals surface area (Å²) < 4.78 is 26.1. The third kappa shape index (κ3) is 1.85. The maximum atomic E-state index is 13.4. The average molecular weight is 227 g/mol. The Hall–Kier alpha value is -1.65. The number of anilines is 1. The van der Waals surface area contributed by atoms with Gasteiger partial charge in [0.05, 0.1) is 11.6 Å². The van der Waals surface area contributed by atoms with Crippen LogP contribution >= 0.6 is 0 Å². The fraction of sp³-hybridized carbons (Fsp3) is 0.364. The molecule has 1 N–H and O–H groups in total. The van der Waals surface area contributed by atoms with E-state index in [1.54, 1.807) is 11.9 Å². The largest absolute Gasteiger partial charge is 0.481 e. The summed E-state index contributed by atoms with van der Waals surface area (Å²) in [4.78, 5) is 12.2. The van der Waals surface area contributed by atoms with Crippen LogP contribution in [-0.4, -0.2) is 24.2 Å².